The number of aromatic nitrogens is 3. The Balaban J connectivity index is 1.57. The lowest BCUT2D eigenvalue weighted by Gasteiger charge is -2.06. The molecule has 0 spiro atoms. The smallest absolute Gasteiger partial charge is 0.273 e. The van der Waals surface area contributed by atoms with E-state index in [1.165, 1.54) is 6.07 Å². The number of hydrogen-bond donors (Lipinski definition) is 1. The first kappa shape index (κ1) is 19.6. The van der Waals surface area contributed by atoms with E-state index in [0.29, 0.717) is 22.1 Å². The van der Waals surface area contributed by atoms with Gasteiger partial charge in [0.05, 0.1) is 10.7 Å². The van der Waals surface area contributed by atoms with Crippen molar-refractivity contribution in [2.24, 2.45) is 0 Å². The van der Waals surface area contributed by atoms with Gasteiger partial charge in [-0.1, -0.05) is 42.1 Å². The molecule has 0 amide bonds. The minimum Gasteiger partial charge on any atom is -0.485 e. The normalized spacial score (nSPS) is 10.6. The van der Waals surface area contributed by atoms with E-state index >= 15 is 0 Å². The lowest BCUT2D eigenvalue weighted by atomic mass is 10.1. The summed E-state index contributed by atoms with van der Waals surface area (Å²) in [5.74, 6) is 1.17. The number of carbonyl (C=O) groups is 1. The Morgan fingerprint density at radius 3 is 2.75 bits per heavy atom. The largest absolute Gasteiger partial charge is 0.485 e. The fourth-order valence-corrected chi connectivity index (χ4v) is 3.18. The molecule has 28 heavy (non-hydrogen) atoms. The van der Waals surface area contributed by atoms with E-state index in [9.17, 15) is 14.9 Å². The number of aromatic amines is 1. The monoisotopic (exact) mass is 398 g/mol. The Hall–Kier alpha value is -3.20. The van der Waals surface area contributed by atoms with Crippen molar-refractivity contribution < 1.29 is 14.5 Å². The van der Waals surface area contributed by atoms with Crippen molar-refractivity contribution >= 4 is 23.2 Å². The number of para-hydroxylation sites is 1. The zero-order valence-corrected chi connectivity index (χ0v) is 16.2. The van der Waals surface area contributed by atoms with Gasteiger partial charge in [0.25, 0.3) is 5.69 Å². The van der Waals surface area contributed by atoms with E-state index in [1.807, 2.05) is 31.2 Å². The van der Waals surface area contributed by atoms with Crippen molar-refractivity contribution in [2.45, 2.75) is 25.6 Å². The molecule has 1 aromatic heterocycles. The van der Waals surface area contributed by atoms with Crippen molar-refractivity contribution in [1.82, 2.24) is 15.2 Å². The molecule has 2 aromatic carbocycles. The molecule has 0 aliphatic heterocycles. The zero-order valence-electron chi connectivity index (χ0n) is 15.3. The third-order valence-corrected chi connectivity index (χ3v) is 4.88. The van der Waals surface area contributed by atoms with Crippen LogP contribution in [0.1, 0.15) is 27.3 Å². The molecule has 8 nitrogen and oxygen atoms in total. The average molecular weight is 398 g/mol. The molecule has 0 saturated carbocycles. The number of nitro benzene ring substituents is 1. The highest BCUT2D eigenvalue weighted by Gasteiger charge is 2.16. The summed E-state index contributed by atoms with van der Waals surface area (Å²) in [6.45, 7) is 3.82. The lowest BCUT2D eigenvalue weighted by molar-refractivity contribution is -0.385. The summed E-state index contributed by atoms with van der Waals surface area (Å²) in [4.78, 5) is 27.1. The van der Waals surface area contributed by atoms with Crippen LogP contribution in [0, 0.1) is 24.0 Å². The van der Waals surface area contributed by atoms with Gasteiger partial charge in [-0.2, -0.15) is 0 Å². The standard InChI is InChI=1S/C19H18N4O4S/c1-12-7-8-14(9-15(12)23(25)26)16(24)11-28-19-20-18(21-22-19)10-27-17-6-4-3-5-13(17)2/h3-9H,10-11H2,1-2H3,(H,20,21,22). The molecule has 0 fully saturated rings. The molecule has 1 heterocycles. The van der Waals surface area contributed by atoms with Crippen LogP contribution < -0.4 is 4.74 Å². The van der Waals surface area contributed by atoms with Crippen molar-refractivity contribution in [3.8, 4) is 5.75 Å². The average Bonchev–Trinajstić information content (AvgIpc) is 3.13. The molecule has 0 saturated heterocycles. The predicted octanol–water partition coefficient (Wildman–Crippen LogP) is 3.88. The number of hydrogen-bond acceptors (Lipinski definition) is 7. The molecule has 3 aromatic rings. The number of Topliss-reactive ketones (excluding diaryl/α,β-unsaturated/α-hetero) is 1. The van der Waals surface area contributed by atoms with Gasteiger partial charge in [-0.15, -0.1) is 5.10 Å². The third-order valence-electron chi connectivity index (χ3n) is 4.03. The summed E-state index contributed by atoms with van der Waals surface area (Å²) >= 11 is 1.16. The highest BCUT2D eigenvalue weighted by Crippen LogP contribution is 2.22. The van der Waals surface area contributed by atoms with Gasteiger partial charge in [0.1, 0.15) is 12.4 Å². The number of benzene rings is 2. The van der Waals surface area contributed by atoms with Crippen LogP contribution >= 0.6 is 11.8 Å². The number of nitrogens with one attached hydrogen (secondary N) is 1. The van der Waals surface area contributed by atoms with Crippen LogP contribution in [0.2, 0.25) is 0 Å². The Kier molecular flexibility index (Phi) is 6.05. The van der Waals surface area contributed by atoms with Gasteiger partial charge in [0.15, 0.2) is 11.6 Å². The molecule has 1 N–H and O–H groups in total. The maximum absolute atomic E-state index is 12.3. The minimum atomic E-state index is -0.491. The van der Waals surface area contributed by atoms with Crippen LogP contribution in [-0.2, 0) is 6.61 Å². The van der Waals surface area contributed by atoms with E-state index in [-0.39, 0.29) is 23.8 Å². The molecule has 9 heteroatoms. The van der Waals surface area contributed by atoms with E-state index in [1.54, 1.807) is 19.1 Å². The van der Waals surface area contributed by atoms with Crippen molar-refractivity contribution in [2.75, 3.05) is 5.75 Å². The highest BCUT2D eigenvalue weighted by atomic mass is 32.2. The summed E-state index contributed by atoms with van der Waals surface area (Å²) in [5, 5.41) is 18.3. The molecular weight excluding hydrogens is 380 g/mol. The Morgan fingerprint density at radius 1 is 1.21 bits per heavy atom. The first-order valence-corrected chi connectivity index (χ1v) is 9.43. The Labute approximate surface area is 165 Å². The predicted molar refractivity (Wildman–Crippen MR) is 105 cm³/mol. The quantitative estimate of drug-likeness (QED) is 0.265. The Bertz CT molecular complexity index is 1020. The first-order valence-electron chi connectivity index (χ1n) is 8.45. The van der Waals surface area contributed by atoms with Gasteiger partial charge in [0, 0.05) is 17.2 Å². The van der Waals surface area contributed by atoms with Crippen LogP contribution in [0.5, 0.6) is 5.75 Å². The topological polar surface area (TPSA) is 111 Å². The third kappa shape index (κ3) is 4.74. The van der Waals surface area contributed by atoms with Gasteiger partial charge in [-0.3, -0.25) is 20.0 Å². The molecule has 0 atom stereocenters. The molecular formula is C19H18N4O4S. The van der Waals surface area contributed by atoms with Crippen LogP contribution in [0.25, 0.3) is 0 Å². The minimum absolute atomic E-state index is 0.0654. The van der Waals surface area contributed by atoms with Gasteiger partial charge in [0.2, 0.25) is 5.16 Å². The van der Waals surface area contributed by atoms with Gasteiger partial charge in [-0.25, -0.2) is 4.98 Å². The zero-order chi connectivity index (χ0) is 20.1. The second-order valence-corrected chi connectivity index (χ2v) is 7.03. The maximum Gasteiger partial charge on any atom is 0.273 e. The summed E-state index contributed by atoms with van der Waals surface area (Å²) in [6, 6.07) is 12.1. The summed E-state index contributed by atoms with van der Waals surface area (Å²) in [7, 11) is 0. The summed E-state index contributed by atoms with van der Waals surface area (Å²) in [5.41, 5.74) is 1.77. The highest BCUT2D eigenvalue weighted by molar-refractivity contribution is 7.99. The molecule has 0 unspecified atom stereocenters. The fourth-order valence-electron chi connectivity index (χ4n) is 2.46. The number of nitro groups is 1. The molecule has 144 valence electrons. The number of ether oxygens (including phenoxy) is 1. The maximum atomic E-state index is 12.3. The Morgan fingerprint density at radius 2 is 2.00 bits per heavy atom. The number of nitrogens with zero attached hydrogens (tertiary/aromatic N) is 3. The molecule has 0 aliphatic rings. The second kappa shape index (κ2) is 8.66. The summed E-state index contributed by atoms with van der Waals surface area (Å²) < 4.78 is 5.70. The fraction of sp³-hybridized carbons (Fsp3) is 0.211. The van der Waals surface area contributed by atoms with E-state index < -0.39 is 4.92 Å². The van der Waals surface area contributed by atoms with Gasteiger partial charge in [-0.05, 0) is 25.5 Å². The number of aryl methyl sites for hydroxylation is 2. The van der Waals surface area contributed by atoms with Crippen LogP contribution in [0.15, 0.2) is 47.6 Å². The van der Waals surface area contributed by atoms with Crippen molar-refractivity contribution in [3.63, 3.8) is 0 Å². The van der Waals surface area contributed by atoms with Crippen LogP contribution in [0.3, 0.4) is 0 Å². The van der Waals surface area contributed by atoms with Crippen LogP contribution in [-0.4, -0.2) is 31.6 Å². The van der Waals surface area contributed by atoms with E-state index in [0.717, 1.165) is 23.1 Å². The first-order chi connectivity index (χ1) is 13.4. The molecule has 3 rings (SSSR count). The van der Waals surface area contributed by atoms with E-state index in [2.05, 4.69) is 15.2 Å². The van der Waals surface area contributed by atoms with E-state index in [4.69, 9.17) is 4.74 Å². The van der Waals surface area contributed by atoms with Crippen molar-refractivity contribution in [3.05, 3.63) is 75.1 Å². The SMILES string of the molecule is Cc1ccccc1OCc1nc(SCC(=O)c2ccc(C)c([N+](=O)[O-])c2)n[nH]1. The second-order valence-electron chi connectivity index (χ2n) is 6.09. The molecule has 0 bridgehead atoms. The van der Waals surface area contributed by atoms with Gasteiger partial charge >= 0.3 is 0 Å². The molecule has 0 aliphatic carbocycles. The number of thioether (sulfide) groups is 1. The van der Waals surface area contributed by atoms with Gasteiger partial charge < -0.3 is 4.74 Å². The lowest BCUT2D eigenvalue weighted by Crippen LogP contribution is -2.04. The number of carbonyl (C=O) groups excluding carboxylic acids is 1. The molecule has 0 radical (unpaired) electrons. The number of ketones is 1. The van der Waals surface area contributed by atoms with Crippen molar-refractivity contribution in [1.29, 1.82) is 0 Å². The number of H-pyrrole nitrogens is 1. The summed E-state index contributed by atoms with van der Waals surface area (Å²) in [6.07, 6.45) is 0. The van der Waals surface area contributed by atoms with Crippen LogP contribution in [0.4, 0.5) is 5.69 Å². The number of rotatable bonds is 8.